The summed E-state index contributed by atoms with van der Waals surface area (Å²) in [5.41, 5.74) is 6.98. The third-order valence-corrected chi connectivity index (χ3v) is 1.08. The third kappa shape index (κ3) is 1.17. The van der Waals surface area contributed by atoms with Gasteiger partial charge in [-0.25, -0.2) is 5.73 Å². The summed E-state index contributed by atoms with van der Waals surface area (Å²) in [5.74, 6) is 0. The van der Waals surface area contributed by atoms with Crippen molar-refractivity contribution in [3.63, 3.8) is 0 Å². The first-order chi connectivity index (χ1) is 3.71. The molecule has 1 N–H and O–H groups in total. The van der Waals surface area contributed by atoms with Crippen LogP contribution in [0.5, 0.6) is 0 Å². The van der Waals surface area contributed by atoms with Crippen molar-refractivity contribution < 1.29 is 0 Å². The summed E-state index contributed by atoms with van der Waals surface area (Å²) in [6.07, 6.45) is 5.40. The number of hydrogen-bond acceptors (Lipinski definition) is 1. The second kappa shape index (κ2) is 1.71. The lowest BCUT2D eigenvalue weighted by atomic mass is 10.0. The van der Waals surface area contributed by atoms with Gasteiger partial charge in [-0.15, -0.1) is 0 Å². The summed E-state index contributed by atoms with van der Waals surface area (Å²) in [5, 5.41) is 0. The molecule has 43 valence electrons. The fourth-order valence-corrected chi connectivity index (χ4v) is 0.611. The average Bonchev–Trinajstić information content (AvgIpc) is 1.65. The molecule has 1 heterocycles. The minimum atomic E-state index is -0.450. The molecular weight excluding hydrogens is 100 g/mol. The summed E-state index contributed by atoms with van der Waals surface area (Å²) >= 11 is 0. The van der Waals surface area contributed by atoms with Crippen molar-refractivity contribution in [3.05, 3.63) is 12.2 Å². The van der Waals surface area contributed by atoms with E-state index in [-0.39, 0.29) is 0 Å². The van der Waals surface area contributed by atoms with Gasteiger partial charge < -0.3 is 0 Å². The fourth-order valence-electron chi connectivity index (χ4n) is 0.611. The number of nitrogens with one attached hydrogen (secondary N) is 1. The Hall–Kier alpha value is -0.630. The van der Waals surface area contributed by atoms with Crippen molar-refractivity contribution >= 4 is 6.21 Å². The zero-order valence-electron chi connectivity index (χ0n) is 4.89. The van der Waals surface area contributed by atoms with Crippen LogP contribution in [-0.4, -0.2) is 18.3 Å². The Morgan fingerprint density at radius 3 is 2.75 bits per heavy atom. The quantitative estimate of drug-likeness (QED) is 0.438. The normalized spacial score (nSPS) is 35.8. The summed E-state index contributed by atoms with van der Waals surface area (Å²) < 4.78 is 0. The van der Waals surface area contributed by atoms with Crippen molar-refractivity contribution in [2.45, 2.75) is 12.5 Å². The molecule has 1 rings (SSSR count). The van der Waals surface area contributed by atoms with Crippen LogP contribution >= 0.6 is 0 Å². The van der Waals surface area contributed by atoms with E-state index >= 15 is 0 Å². The van der Waals surface area contributed by atoms with Gasteiger partial charge in [-0.05, 0) is 13.0 Å². The first-order valence-electron chi connectivity index (χ1n) is 2.63. The van der Waals surface area contributed by atoms with Gasteiger partial charge in [-0.1, -0.05) is 6.08 Å². The van der Waals surface area contributed by atoms with Crippen LogP contribution in [-0.2, 0) is 0 Å². The molecule has 1 aliphatic rings. The van der Waals surface area contributed by atoms with Gasteiger partial charge in [0.1, 0.15) is 0 Å². The molecule has 0 aromatic rings. The number of allylic oxidation sites excluding steroid dienone is 1. The zero-order valence-corrected chi connectivity index (χ0v) is 4.89. The minimum Gasteiger partial charge on any atom is -0.291 e. The molecule has 2 heteroatoms. The van der Waals surface area contributed by atoms with Gasteiger partial charge in [0.2, 0.25) is 0 Å². The fraction of sp³-hybridized carbons (Fsp3) is 0.500. The number of aliphatic imine (C=N–C) groups is 1. The van der Waals surface area contributed by atoms with Crippen molar-refractivity contribution in [2.24, 2.45) is 4.99 Å². The molecule has 1 unspecified atom stereocenters. The Morgan fingerprint density at radius 1 is 1.75 bits per heavy atom. The molecule has 8 heavy (non-hydrogen) atoms. The average molecular weight is 109 g/mol. The number of hydrogen-bond donors (Lipinski definition) is 0. The van der Waals surface area contributed by atoms with Crippen LogP contribution in [0, 0.1) is 0 Å². The monoisotopic (exact) mass is 109 g/mol. The molecule has 1 aliphatic heterocycles. The van der Waals surface area contributed by atoms with E-state index in [0.29, 0.717) is 6.54 Å². The molecule has 2 nitrogen and oxygen atoms in total. The molecule has 0 spiro atoms. The van der Waals surface area contributed by atoms with Gasteiger partial charge in [0, 0.05) is 6.21 Å². The second-order valence-corrected chi connectivity index (χ2v) is 2.27. The van der Waals surface area contributed by atoms with Crippen molar-refractivity contribution in [1.29, 1.82) is 0 Å². The Labute approximate surface area is 49.1 Å². The maximum Gasteiger partial charge on any atom is 0.0673 e. The Morgan fingerprint density at radius 2 is 2.50 bits per heavy atom. The first kappa shape index (κ1) is 5.51. The molecule has 1 radical (unpaired) electrons. The molecule has 0 bridgehead atoms. The molecule has 0 fully saturated rings. The predicted molar refractivity (Wildman–Crippen MR) is 34.0 cm³/mol. The Bertz CT molecular complexity index is 133. The van der Waals surface area contributed by atoms with E-state index in [0.717, 1.165) is 0 Å². The highest BCUT2D eigenvalue weighted by molar-refractivity contribution is 5.72. The van der Waals surface area contributed by atoms with Crippen LogP contribution < -0.4 is 5.73 Å². The van der Waals surface area contributed by atoms with E-state index in [1.807, 2.05) is 19.1 Å². The molecule has 0 amide bonds. The van der Waals surface area contributed by atoms with Gasteiger partial charge in [0.25, 0.3) is 0 Å². The standard InChI is InChI=1S/C6H9N2/c1-6(7)3-2-4-8-5-6/h2-4,7H,5H2,1H3. The topological polar surface area (TPSA) is 36.2 Å². The van der Waals surface area contributed by atoms with Crippen molar-refractivity contribution in [3.8, 4) is 0 Å². The van der Waals surface area contributed by atoms with Crippen molar-refractivity contribution in [1.82, 2.24) is 5.73 Å². The van der Waals surface area contributed by atoms with Crippen LogP contribution in [0.2, 0.25) is 0 Å². The second-order valence-electron chi connectivity index (χ2n) is 2.27. The highest BCUT2D eigenvalue weighted by Crippen LogP contribution is 2.06. The van der Waals surface area contributed by atoms with E-state index in [9.17, 15) is 0 Å². The van der Waals surface area contributed by atoms with E-state index in [4.69, 9.17) is 5.73 Å². The first-order valence-corrected chi connectivity index (χ1v) is 2.63. The molecule has 0 saturated carbocycles. The largest absolute Gasteiger partial charge is 0.291 e. The summed E-state index contributed by atoms with van der Waals surface area (Å²) in [4.78, 5) is 3.93. The van der Waals surface area contributed by atoms with E-state index < -0.39 is 5.54 Å². The smallest absolute Gasteiger partial charge is 0.0673 e. The highest BCUT2D eigenvalue weighted by atomic mass is 14.8. The Balaban J connectivity index is 2.65. The molecular formula is C6H9N2. The van der Waals surface area contributed by atoms with Gasteiger partial charge in [-0.2, -0.15) is 0 Å². The molecule has 0 saturated heterocycles. The van der Waals surface area contributed by atoms with Crippen LogP contribution in [0.15, 0.2) is 17.1 Å². The highest BCUT2D eigenvalue weighted by Gasteiger charge is 2.14. The maximum atomic E-state index is 7.43. The number of dihydropyridines is 1. The van der Waals surface area contributed by atoms with E-state index in [2.05, 4.69) is 4.99 Å². The summed E-state index contributed by atoms with van der Waals surface area (Å²) in [7, 11) is 0. The van der Waals surface area contributed by atoms with E-state index in [1.165, 1.54) is 0 Å². The Kier molecular flexibility index (Phi) is 1.18. The van der Waals surface area contributed by atoms with Crippen LogP contribution in [0.4, 0.5) is 0 Å². The SMILES string of the molecule is CC1([NH])C=CC=NC1. The van der Waals surface area contributed by atoms with Crippen LogP contribution in [0.25, 0.3) is 0 Å². The zero-order chi connectivity index (χ0) is 6.04. The molecule has 0 aromatic heterocycles. The van der Waals surface area contributed by atoms with Crippen LogP contribution in [0.3, 0.4) is 0 Å². The molecule has 1 atom stereocenters. The predicted octanol–water partition coefficient (Wildman–Crippen LogP) is 0.669. The lowest BCUT2D eigenvalue weighted by Crippen LogP contribution is -2.28. The summed E-state index contributed by atoms with van der Waals surface area (Å²) in [6.45, 7) is 2.45. The van der Waals surface area contributed by atoms with E-state index in [1.54, 1.807) is 6.21 Å². The van der Waals surface area contributed by atoms with Gasteiger partial charge >= 0.3 is 0 Å². The number of rotatable bonds is 0. The summed E-state index contributed by atoms with van der Waals surface area (Å²) in [6, 6.07) is 0. The van der Waals surface area contributed by atoms with Gasteiger partial charge in [0.15, 0.2) is 0 Å². The number of nitrogens with zero attached hydrogens (tertiary/aromatic N) is 1. The van der Waals surface area contributed by atoms with Crippen molar-refractivity contribution in [2.75, 3.05) is 6.54 Å². The van der Waals surface area contributed by atoms with Crippen LogP contribution in [0.1, 0.15) is 6.92 Å². The van der Waals surface area contributed by atoms with Gasteiger partial charge in [0.05, 0.1) is 12.1 Å². The third-order valence-electron chi connectivity index (χ3n) is 1.08. The molecule has 0 aromatic carbocycles. The maximum absolute atomic E-state index is 7.43. The lowest BCUT2D eigenvalue weighted by Gasteiger charge is -2.17. The minimum absolute atomic E-state index is 0.450. The lowest BCUT2D eigenvalue weighted by molar-refractivity contribution is 0.575. The van der Waals surface area contributed by atoms with Gasteiger partial charge in [-0.3, -0.25) is 4.99 Å². The molecule has 0 aliphatic carbocycles.